The molecule has 1 N–H and O–H groups in total. The Morgan fingerprint density at radius 2 is 1.80 bits per heavy atom. The Balaban J connectivity index is 1.39. The zero-order valence-electron chi connectivity index (χ0n) is 36.1. The number of ether oxygens (including phenoxy) is 2. The van der Waals surface area contributed by atoms with Crippen molar-refractivity contribution in [1.29, 1.82) is 5.26 Å². The van der Waals surface area contributed by atoms with Gasteiger partial charge in [0.05, 0.1) is 27.0 Å². The molecule has 1 saturated carbocycles. The molecule has 2 aromatic carbocycles. The maximum absolute atomic E-state index is 17.6. The van der Waals surface area contributed by atoms with Crippen molar-refractivity contribution in [2.45, 2.75) is 134 Å². The fourth-order valence-corrected chi connectivity index (χ4v) is 11.6. The topological polar surface area (TPSA) is 113 Å². The number of carbonyl (C=O) groups is 1. The molecule has 4 aromatic rings. The maximum Gasteiger partial charge on any atom is 0.417 e. The lowest BCUT2D eigenvalue weighted by molar-refractivity contribution is -0.137. The van der Waals surface area contributed by atoms with Crippen LogP contribution in [0.5, 0.6) is 6.01 Å². The van der Waals surface area contributed by atoms with Crippen LogP contribution < -0.4 is 15.0 Å². The van der Waals surface area contributed by atoms with Gasteiger partial charge >= 0.3 is 18.3 Å². The van der Waals surface area contributed by atoms with Crippen molar-refractivity contribution in [2.24, 2.45) is 0 Å². The third-order valence-electron chi connectivity index (χ3n) is 12.7. The van der Waals surface area contributed by atoms with Gasteiger partial charge in [0, 0.05) is 42.4 Å². The number of halogens is 6. The smallest absolute Gasteiger partial charge is 0.417 e. The van der Waals surface area contributed by atoms with Crippen molar-refractivity contribution in [2.75, 3.05) is 37.0 Å². The molecule has 61 heavy (non-hydrogen) atoms. The SMILES string of the molecule is CN(c1nc(OC[C@@]23CCCN2C[C@H](F)C3)nc2c(F)c(-c3ccc(F)c4sc(NC(=O)OC(C)(C)C)c(C#N)c34)c(C(F)(F)F)cc12)C1CC(C)(O[Si](C)(C)C(C)(C)C)C1. The van der Waals surface area contributed by atoms with E-state index in [4.69, 9.17) is 13.9 Å². The number of nitrogens with one attached hydrogen (secondary N) is 1. The Morgan fingerprint density at radius 1 is 1.11 bits per heavy atom. The second-order valence-corrected chi connectivity index (χ2v) is 25.3. The van der Waals surface area contributed by atoms with E-state index >= 15 is 22.0 Å². The van der Waals surface area contributed by atoms with Crippen LogP contribution in [0.3, 0.4) is 0 Å². The molecule has 18 heteroatoms. The molecule has 0 spiro atoms. The number of fused-ring (bicyclic) bond motifs is 3. The first-order valence-corrected chi connectivity index (χ1v) is 24.1. The summed E-state index contributed by atoms with van der Waals surface area (Å²) < 4.78 is 112. The van der Waals surface area contributed by atoms with Gasteiger partial charge in [-0.25, -0.2) is 18.0 Å². The third kappa shape index (κ3) is 8.39. The third-order valence-corrected chi connectivity index (χ3v) is 18.5. The van der Waals surface area contributed by atoms with Crippen molar-refractivity contribution in [1.82, 2.24) is 14.9 Å². The fraction of sp³-hybridized carbons (Fsp3) is 0.581. The van der Waals surface area contributed by atoms with Crippen molar-refractivity contribution in [3.05, 3.63) is 41.0 Å². The van der Waals surface area contributed by atoms with Gasteiger partial charge in [0.25, 0.3) is 0 Å². The minimum atomic E-state index is -5.17. The van der Waals surface area contributed by atoms with Gasteiger partial charge in [-0.1, -0.05) is 26.8 Å². The van der Waals surface area contributed by atoms with Crippen molar-refractivity contribution >= 4 is 57.6 Å². The second kappa shape index (κ2) is 15.3. The number of benzene rings is 2. The van der Waals surface area contributed by atoms with E-state index in [1.165, 1.54) is 0 Å². The van der Waals surface area contributed by atoms with Crippen LogP contribution in [0.15, 0.2) is 18.2 Å². The molecule has 4 heterocycles. The van der Waals surface area contributed by atoms with E-state index < -0.39 is 77.3 Å². The van der Waals surface area contributed by atoms with Gasteiger partial charge in [0.15, 0.2) is 14.1 Å². The minimum Gasteiger partial charge on any atom is -0.461 e. The average molecular weight is 891 g/mol. The van der Waals surface area contributed by atoms with Gasteiger partial charge < -0.3 is 18.8 Å². The van der Waals surface area contributed by atoms with Crippen LogP contribution in [0.25, 0.3) is 32.1 Å². The molecule has 2 aromatic heterocycles. The monoisotopic (exact) mass is 890 g/mol. The van der Waals surface area contributed by atoms with Gasteiger partial charge in [-0.05, 0) is 95.8 Å². The molecule has 1 amide bonds. The Morgan fingerprint density at radius 3 is 2.43 bits per heavy atom. The first kappa shape index (κ1) is 44.9. The number of hydrogen-bond donors (Lipinski definition) is 1. The molecule has 3 aliphatic rings. The first-order valence-electron chi connectivity index (χ1n) is 20.4. The highest BCUT2D eigenvalue weighted by Gasteiger charge is 2.51. The zero-order valence-corrected chi connectivity index (χ0v) is 37.9. The number of anilines is 2. The van der Waals surface area contributed by atoms with Gasteiger partial charge in [-0.2, -0.15) is 28.4 Å². The van der Waals surface area contributed by atoms with E-state index in [0.29, 0.717) is 37.1 Å². The molecule has 10 nitrogen and oxygen atoms in total. The summed E-state index contributed by atoms with van der Waals surface area (Å²) in [6.45, 7) is 18.5. The van der Waals surface area contributed by atoms with E-state index in [-0.39, 0.29) is 68.5 Å². The largest absolute Gasteiger partial charge is 0.461 e. The van der Waals surface area contributed by atoms with Crippen molar-refractivity contribution in [3.8, 4) is 23.2 Å². The lowest BCUT2D eigenvalue weighted by atomic mass is 9.76. The number of amides is 1. The molecule has 1 aliphatic carbocycles. The van der Waals surface area contributed by atoms with Crippen LogP contribution in [0.4, 0.5) is 42.0 Å². The van der Waals surface area contributed by atoms with Crippen molar-refractivity contribution < 1.29 is 45.0 Å². The fourth-order valence-electron chi connectivity index (χ4n) is 8.87. The van der Waals surface area contributed by atoms with Gasteiger partial charge in [0.1, 0.15) is 46.6 Å². The highest BCUT2D eigenvalue weighted by atomic mass is 32.1. The number of nitriles is 1. The molecular weight excluding hydrogens is 839 g/mol. The average Bonchev–Trinajstić information content (AvgIpc) is 3.77. The highest BCUT2D eigenvalue weighted by molar-refractivity contribution is 7.23. The standard InChI is InChI=1S/C43H52F6N6O4SSi/c1-39(2,3)58-38(56)53-36-27(20-50)30-25(12-13-29(45)34(30)60-36)31-28(43(47,48)49)16-26-33(32(31)46)51-37(57-22-42-14-11-15-55(42)21-23(44)17-42)52-35(26)54(8)24-18-41(7,19-24)59-61(9,10)40(4,5)6/h12-13,16,23-24H,11,14-15,17-19,21-22H2,1-10H3,(H,53,56)/t23-,24?,41?,42+/m1/s1. The van der Waals surface area contributed by atoms with E-state index in [9.17, 15) is 14.4 Å². The Kier molecular flexibility index (Phi) is 11.2. The number of carbonyl (C=O) groups excluding carboxylic acids is 1. The second-order valence-electron chi connectivity index (χ2n) is 19.5. The summed E-state index contributed by atoms with van der Waals surface area (Å²) >= 11 is 0.608. The molecule has 2 saturated heterocycles. The number of thiophene rings is 1. The summed E-state index contributed by atoms with van der Waals surface area (Å²) in [5.74, 6) is -2.31. The molecule has 2 aliphatic heterocycles. The van der Waals surface area contributed by atoms with Crippen LogP contribution in [-0.4, -0.2) is 85.0 Å². The number of aromatic nitrogens is 2. The van der Waals surface area contributed by atoms with Gasteiger partial charge in [-0.3, -0.25) is 10.2 Å². The highest BCUT2D eigenvalue weighted by Crippen LogP contribution is 2.51. The summed E-state index contributed by atoms with van der Waals surface area (Å²) in [5, 5.41) is 11.9. The van der Waals surface area contributed by atoms with E-state index in [2.05, 4.69) is 49.1 Å². The molecule has 0 unspecified atom stereocenters. The molecule has 330 valence electrons. The number of rotatable bonds is 9. The van der Waals surface area contributed by atoms with Gasteiger partial charge in [0.2, 0.25) is 0 Å². The van der Waals surface area contributed by atoms with Crippen LogP contribution in [0.2, 0.25) is 18.1 Å². The number of hydrogen-bond acceptors (Lipinski definition) is 10. The molecule has 3 fully saturated rings. The number of alkyl halides is 4. The molecular formula is C43H52F6N6O4SSi. The quantitative estimate of drug-likeness (QED) is 0.130. The van der Waals surface area contributed by atoms with Crippen LogP contribution >= 0.6 is 11.3 Å². The van der Waals surface area contributed by atoms with Crippen LogP contribution in [-0.2, 0) is 15.3 Å². The Labute approximate surface area is 356 Å². The first-order chi connectivity index (χ1) is 28.2. The molecule has 0 bridgehead atoms. The summed E-state index contributed by atoms with van der Waals surface area (Å²) in [6.07, 6.45) is -4.47. The van der Waals surface area contributed by atoms with Crippen molar-refractivity contribution in [3.63, 3.8) is 0 Å². The molecule has 0 radical (unpaired) electrons. The lowest BCUT2D eigenvalue weighted by Gasteiger charge is -2.54. The lowest BCUT2D eigenvalue weighted by Crippen LogP contribution is -2.59. The minimum absolute atomic E-state index is 0.00718. The summed E-state index contributed by atoms with van der Waals surface area (Å²) in [4.78, 5) is 25.5. The predicted molar refractivity (Wildman–Crippen MR) is 227 cm³/mol. The molecule has 7 rings (SSSR count). The van der Waals surface area contributed by atoms with E-state index in [1.807, 2.05) is 17.9 Å². The Bertz CT molecular complexity index is 2440. The summed E-state index contributed by atoms with van der Waals surface area (Å²) in [5.41, 5.74) is -5.80. The summed E-state index contributed by atoms with van der Waals surface area (Å²) in [7, 11) is -0.530. The van der Waals surface area contributed by atoms with E-state index in [1.54, 1.807) is 32.7 Å². The normalized spacial score (nSPS) is 23.5. The molecule has 2 atom stereocenters. The maximum atomic E-state index is 17.6. The van der Waals surface area contributed by atoms with Crippen LogP contribution in [0.1, 0.15) is 91.7 Å². The number of nitrogens with zero attached hydrogens (tertiary/aromatic N) is 5. The Hall–Kier alpha value is -4.18. The summed E-state index contributed by atoms with van der Waals surface area (Å²) in [6, 6.07) is 3.95. The zero-order chi connectivity index (χ0) is 44.8. The predicted octanol–water partition coefficient (Wildman–Crippen LogP) is 11.4. The van der Waals surface area contributed by atoms with Crippen LogP contribution in [0, 0.1) is 23.0 Å². The van der Waals surface area contributed by atoms with E-state index in [0.717, 1.165) is 24.6 Å². The van der Waals surface area contributed by atoms with Gasteiger partial charge in [-0.15, -0.1) is 11.3 Å².